The summed E-state index contributed by atoms with van der Waals surface area (Å²) in [7, 11) is -3.41. The van der Waals surface area contributed by atoms with Crippen molar-refractivity contribution in [3.8, 4) is 5.75 Å². The lowest BCUT2D eigenvalue weighted by Crippen LogP contribution is -2.28. The van der Waals surface area contributed by atoms with Gasteiger partial charge >= 0.3 is 0 Å². The monoisotopic (exact) mass is 533 g/mol. The zero-order valence-electron chi connectivity index (χ0n) is 19.3. The largest absolute Gasteiger partial charge is 0.473 e. The van der Waals surface area contributed by atoms with Crippen molar-refractivity contribution in [2.45, 2.75) is 48.4 Å². The summed E-state index contributed by atoms with van der Waals surface area (Å²) in [5.41, 5.74) is 0.318. The molecular weight excluding hydrogens is 508 g/mol. The molecule has 1 atom stereocenters. The van der Waals surface area contributed by atoms with E-state index in [1.807, 2.05) is 0 Å². The molecule has 11 heteroatoms. The molecule has 0 bridgehead atoms. The van der Waals surface area contributed by atoms with E-state index < -0.39 is 33.5 Å². The number of nitrogens with one attached hydrogen (secondary N) is 1. The number of aromatic nitrogens is 1. The van der Waals surface area contributed by atoms with Crippen molar-refractivity contribution in [2.75, 3.05) is 23.3 Å². The molecule has 1 unspecified atom stereocenters. The van der Waals surface area contributed by atoms with Crippen LogP contribution in [0.2, 0.25) is 0 Å². The molecule has 1 aromatic heterocycles. The maximum Gasteiger partial charge on any atom is 0.271 e. The molecule has 1 saturated carbocycles. The molecule has 1 saturated heterocycles. The molecule has 1 aliphatic carbocycles. The van der Waals surface area contributed by atoms with Crippen LogP contribution in [0.1, 0.15) is 43.8 Å². The zero-order chi connectivity index (χ0) is 25.3. The fraction of sp³-hybridized carbons (Fsp3) is 0.360. The number of piperidine rings is 1. The van der Waals surface area contributed by atoms with Gasteiger partial charge in [-0.2, -0.15) is 0 Å². The van der Waals surface area contributed by atoms with Crippen LogP contribution in [0.15, 0.2) is 53.6 Å². The van der Waals surface area contributed by atoms with Gasteiger partial charge in [-0.3, -0.25) is 10.1 Å². The normalized spacial score (nSPS) is 17.0. The number of halogens is 2. The summed E-state index contributed by atoms with van der Waals surface area (Å²) in [5, 5.41) is 3.67. The summed E-state index contributed by atoms with van der Waals surface area (Å²) in [6.07, 6.45) is 5.04. The molecule has 190 valence electrons. The van der Waals surface area contributed by atoms with Crippen LogP contribution in [0, 0.1) is 11.6 Å². The van der Waals surface area contributed by atoms with E-state index in [1.165, 1.54) is 42.0 Å². The molecule has 2 aromatic carbocycles. The number of benzene rings is 2. The second-order valence-electron chi connectivity index (χ2n) is 8.93. The van der Waals surface area contributed by atoms with E-state index in [0.29, 0.717) is 29.6 Å². The molecule has 1 N–H and O–H groups in total. The number of thiazole rings is 1. The van der Waals surface area contributed by atoms with Crippen LogP contribution in [-0.2, 0) is 14.6 Å². The van der Waals surface area contributed by atoms with E-state index in [2.05, 4.69) is 15.2 Å². The quantitative estimate of drug-likeness (QED) is 0.433. The number of hydrogen-bond donors (Lipinski definition) is 1. The Labute approximate surface area is 212 Å². The molecule has 36 heavy (non-hydrogen) atoms. The predicted molar refractivity (Wildman–Crippen MR) is 133 cm³/mol. The maximum absolute atomic E-state index is 14.4. The number of hydrogen-bond acceptors (Lipinski definition) is 7. The first kappa shape index (κ1) is 24.6. The summed E-state index contributed by atoms with van der Waals surface area (Å²) in [6.45, 7) is 1.86. The number of carbonyl (C=O) groups excluding carboxylic acids is 1. The minimum Gasteiger partial charge on any atom is -0.473 e. The van der Waals surface area contributed by atoms with Gasteiger partial charge in [0.25, 0.3) is 5.91 Å². The van der Waals surface area contributed by atoms with Crippen LogP contribution in [0.25, 0.3) is 0 Å². The Morgan fingerprint density at radius 2 is 1.81 bits per heavy atom. The van der Waals surface area contributed by atoms with E-state index in [-0.39, 0.29) is 15.9 Å². The Morgan fingerprint density at radius 1 is 1.08 bits per heavy atom. The minimum atomic E-state index is -3.41. The number of sulfone groups is 1. The highest BCUT2D eigenvalue weighted by atomic mass is 32.2. The van der Waals surface area contributed by atoms with Crippen LogP contribution < -0.4 is 15.0 Å². The number of nitrogens with zero attached hydrogens (tertiary/aromatic N) is 2. The van der Waals surface area contributed by atoms with E-state index in [4.69, 9.17) is 4.74 Å². The summed E-state index contributed by atoms with van der Waals surface area (Å²) in [6, 6.07) is 8.60. The molecule has 3 aromatic rings. The van der Waals surface area contributed by atoms with Crippen LogP contribution in [0.5, 0.6) is 5.75 Å². The Morgan fingerprint density at radius 3 is 2.47 bits per heavy atom. The van der Waals surface area contributed by atoms with Crippen molar-refractivity contribution >= 4 is 37.2 Å². The van der Waals surface area contributed by atoms with Crippen molar-refractivity contribution < 1.29 is 26.7 Å². The van der Waals surface area contributed by atoms with Gasteiger partial charge in [0.1, 0.15) is 10.8 Å². The van der Waals surface area contributed by atoms with Gasteiger partial charge in [0.2, 0.25) is 6.10 Å². The highest BCUT2D eigenvalue weighted by molar-refractivity contribution is 7.92. The average molecular weight is 534 g/mol. The molecule has 2 aliphatic rings. The van der Waals surface area contributed by atoms with Crippen molar-refractivity contribution in [1.82, 2.24) is 4.98 Å². The number of ether oxygens (including phenoxy) is 1. The van der Waals surface area contributed by atoms with Crippen LogP contribution in [-0.4, -0.2) is 37.6 Å². The molecular formula is C25H25F2N3O4S2. The van der Waals surface area contributed by atoms with Gasteiger partial charge in [-0.05, 0) is 56.4 Å². The Hall–Kier alpha value is -3.05. The molecule has 2 heterocycles. The summed E-state index contributed by atoms with van der Waals surface area (Å²) < 4.78 is 58.5. The van der Waals surface area contributed by atoms with Gasteiger partial charge in [0, 0.05) is 24.7 Å². The Bertz CT molecular complexity index is 1350. The third-order valence-corrected chi connectivity index (χ3v) is 9.49. The van der Waals surface area contributed by atoms with Crippen molar-refractivity contribution in [2.24, 2.45) is 0 Å². The second kappa shape index (κ2) is 10.1. The maximum atomic E-state index is 14.4. The predicted octanol–water partition coefficient (Wildman–Crippen LogP) is 5.11. The van der Waals surface area contributed by atoms with Crippen LogP contribution in [0.4, 0.5) is 18.9 Å². The van der Waals surface area contributed by atoms with Gasteiger partial charge < -0.3 is 9.64 Å². The van der Waals surface area contributed by atoms with Crippen molar-refractivity contribution in [3.63, 3.8) is 0 Å². The molecule has 7 nitrogen and oxygen atoms in total. The fourth-order valence-electron chi connectivity index (χ4n) is 4.13. The second-order valence-corrected chi connectivity index (χ2v) is 12.2. The molecule has 1 amide bonds. The van der Waals surface area contributed by atoms with Gasteiger partial charge in [0.15, 0.2) is 26.5 Å². The number of rotatable bonds is 8. The van der Waals surface area contributed by atoms with Gasteiger partial charge in [0.05, 0.1) is 16.3 Å². The zero-order valence-corrected chi connectivity index (χ0v) is 21.0. The Balaban J connectivity index is 1.39. The topological polar surface area (TPSA) is 88.6 Å². The summed E-state index contributed by atoms with van der Waals surface area (Å²) >= 11 is 1.33. The molecule has 1 aliphatic heterocycles. The number of amides is 1. The lowest BCUT2D eigenvalue weighted by Gasteiger charge is -2.26. The van der Waals surface area contributed by atoms with Gasteiger partial charge in [-0.15, -0.1) is 0 Å². The van der Waals surface area contributed by atoms with E-state index in [1.54, 1.807) is 6.20 Å². The molecule has 5 rings (SSSR count). The van der Waals surface area contributed by atoms with Crippen molar-refractivity contribution in [1.29, 1.82) is 0 Å². The lowest BCUT2D eigenvalue weighted by atomic mass is 10.1. The van der Waals surface area contributed by atoms with Gasteiger partial charge in [-0.25, -0.2) is 22.2 Å². The summed E-state index contributed by atoms with van der Waals surface area (Å²) in [5.74, 6) is -2.65. The van der Waals surface area contributed by atoms with Crippen LogP contribution >= 0.6 is 11.3 Å². The lowest BCUT2D eigenvalue weighted by molar-refractivity contribution is -0.123. The standard InChI is InChI=1S/C25H25F2N3O4S2/c26-17-6-11-21(20(27)14-17)34-23(16-4-7-18(8-5-16)36(32,33)19-9-10-19)24(31)29-25-28-15-22(35-25)30-12-2-1-3-13-30/h4-8,11,14-15,19,23H,1-3,9-10,12-13H2,(H,28,29,31). The highest BCUT2D eigenvalue weighted by Crippen LogP contribution is 2.35. The van der Waals surface area contributed by atoms with Crippen molar-refractivity contribution in [3.05, 3.63) is 65.9 Å². The first-order valence-corrected chi connectivity index (χ1v) is 14.1. The molecule has 2 fully saturated rings. The third kappa shape index (κ3) is 5.36. The molecule has 0 spiro atoms. The molecule has 0 radical (unpaired) electrons. The Kier molecular flexibility index (Phi) is 6.94. The minimum absolute atomic E-state index is 0.159. The average Bonchev–Trinajstić information content (AvgIpc) is 3.64. The number of anilines is 2. The SMILES string of the molecule is O=C(Nc1ncc(N2CCCCC2)s1)C(Oc1ccc(F)cc1F)c1ccc(S(=O)(=O)C2CC2)cc1. The van der Waals surface area contributed by atoms with E-state index in [9.17, 15) is 22.0 Å². The highest BCUT2D eigenvalue weighted by Gasteiger charge is 2.37. The number of carbonyl (C=O) groups is 1. The first-order valence-electron chi connectivity index (χ1n) is 11.8. The van der Waals surface area contributed by atoms with Gasteiger partial charge in [-0.1, -0.05) is 23.5 Å². The first-order chi connectivity index (χ1) is 17.3. The third-order valence-electron chi connectivity index (χ3n) is 6.24. The van der Waals surface area contributed by atoms with E-state index >= 15 is 0 Å². The fourth-order valence-corrected chi connectivity index (χ4v) is 6.66. The van der Waals surface area contributed by atoms with Crippen LogP contribution in [0.3, 0.4) is 0 Å². The van der Waals surface area contributed by atoms with E-state index in [0.717, 1.165) is 43.1 Å². The smallest absolute Gasteiger partial charge is 0.271 e. The summed E-state index contributed by atoms with van der Waals surface area (Å²) in [4.78, 5) is 20.0.